The third-order valence-corrected chi connectivity index (χ3v) is 8.49. The van der Waals surface area contributed by atoms with E-state index in [1.807, 2.05) is 0 Å². The first-order valence-corrected chi connectivity index (χ1v) is 16.4. The monoisotopic (exact) mass is 660 g/mol. The van der Waals surface area contributed by atoms with E-state index in [-0.39, 0.29) is 40.4 Å². The van der Waals surface area contributed by atoms with Crippen molar-refractivity contribution >= 4 is 56.8 Å². The van der Waals surface area contributed by atoms with Gasteiger partial charge in [0, 0.05) is 6.42 Å². The summed E-state index contributed by atoms with van der Waals surface area (Å²) in [5, 5.41) is 0. The van der Waals surface area contributed by atoms with Gasteiger partial charge < -0.3 is 35.3 Å². The van der Waals surface area contributed by atoms with Gasteiger partial charge in [-0.1, -0.05) is 0 Å². The second kappa shape index (κ2) is 11.6. The van der Waals surface area contributed by atoms with E-state index in [4.69, 9.17) is 34.5 Å². The second-order valence-corrected chi connectivity index (χ2v) is 13.3. The number of anilines is 2. The highest BCUT2D eigenvalue weighted by molar-refractivity contribution is 7.78. The molecule has 0 aromatic carbocycles. The Kier molecular flexibility index (Phi) is 8.14. The zero-order valence-electron chi connectivity index (χ0n) is 22.6. The van der Waals surface area contributed by atoms with Crippen LogP contribution in [0.3, 0.4) is 0 Å². The van der Waals surface area contributed by atoms with E-state index >= 15 is 4.39 Å². The molecule has 0 bridgehead atoms. The molecule has 2 saturated heterocycles. The maximum absolute atomic E-state index is 15.7. The van der Waals surface area contributed by atoms with Crippen LogP contribution in [0.25, 0.3) is 22.3 Å². The van der Waals surface area contributed by atoms with Crippen molar-refractivity contribution in [1.82, 2.24) is 39.0 Å². The van der Waals surface area contributed by atoms with Crippen molar-refractivity contribution < 1.29 is 50.7 Å². The Morgan fingerprint density at radius 3 is 2.09 bits per heavy atom. The molecule has 4 aromatic heterocycles. The molecule has 24 heteroatoms. The summed E-state index contributed by atoms with van der Waals surface area (Å²) in [5.41, 5.74) is 12.3. The predicted octanol–water partition coefficient (Wildman–Crippen LogP) is -0.0560. The number of nitrogen functional groups attached to an aromatic ring is 2. The van der Waals surface area contributed by atoms with Gasteiger partial charge in [-0.2, -0.15) is 0 Å². The van der Waals surface area contributed by atoms with Crippen molar-refractivity contribution in [2.24, 2.45) is 0 Å². The number of imidazole rings is 2. The molecule has 0 aliphatic carbocycles. The Morgan fingerprint density at radius 2 is 1.50 bits per heavy atom. The third-order valence-electron chi connectivity index (χ3n) is 6.87. The Balaban J connectivity index is 1.17. The molecule has 0 amide bonds. The third kappa shape index (κ3) is 6.04. The van der Waals surface area contributed by atoms with E-state index in [1.54, 1.807) is 0 Å². The zero-order chi connectivity index (χ0) is 31.4. The van der Waals surface area contributed by atoms with E-state index in [2.05, 4.69) is 29.9 Å². The van der Waals surface area contributed by atoms with Crippen LogP contribution in [-0.4, -0.2) is 100 Å². The molecule has 0 spiro atoms. The number of hydrogen-bond acceptors (Lipinski definition) is 15. The first kappa shape index (κ1) is 30.8. The van der Waals surface area contributed by atoms with Gasteiger partial charge in [0.1, 0.15) is 42.1 Å². The Bertz CT molecular complexity index is 1780. The highest BCUT2D eigenvalue weighted by atomic mass is 31.2. The molecule has 2 aliphatic heterocycles. The highest BCUT2D eigenvalue weighted by Gasteiger charge is 2.51. The van der Waals surface area contributed by atoms with E-state index in [0.29, 0.717) is 0 Å². The van der Waals surface area contributed by atoms with Gasteiger partial charge in [-0.3, -0.25) is 22.7 Å². The lowest BCUT2D eigenvalue weighted by atomic mass is 10.1. The molecular formula is C20H25BF2N10O9P2. The fourth-order valence-electron chi connectivity index (χ4n) is 4.90. The van der Waals surface area contributed by atoms with Gasteiger partial charge in [0.2, 0.25) is 0 Å². The van der Waals surface area contributed by atoms with E-state index in [1.165, 1.54) is 28.1 Å². The SMILES string of the molecule is BP(=O)(O)OC[C@H]1O[C@@H](n2cnc3c(N)ncnc32)[C@H](OP(=O)(O)OC[C@@H]2C[C@@H](F)[C@H](n3cnc4c(N)ncnc43)O2)[C@@H]1F. The molecule has 6 rings (SSSR count). The second-order valence-electron chi connectivity index (χ2n) is 10.0. The maximum atomic E-state index is 15.7. The van der Waals surface area contributed by atoms with Crippen molar-refractivity contribution in [2.45, 2.75) is 49.5 Å². The molecule has 0 saturated carbocycles. The number of nitrogens with two attached hydrogens (primary N) is 2. The Hall–Kier alpha value is -3.20. The molecule has 2 aliphatic rings. The summed E-state index contributed by atoms with van der Waals surface area (Å²) in [6.07, 6.45) is -6.26. The van der Waals surface area contributed by atoms with Crippen LogP contribution < -0.4 is 11.5 Å². The molecule has 9 atom stereocenters. The summed E-state index contributed by atoms with van der Waals surface area (Å²) in [7, 11) is -8.21. The quantitative estimate of drug-likeness (QED) is 0.128. The molecule has 19 nitrogen and oxygen atoms in total. The maximum Gasteiger partial charge on any atom is 0.472 e. The van der Waals surface area contributed by atoms with Crippen molar-refractivity contribution in [2.75, 3.05) is 24.7 Å². The lowest BCUT2D eigenvalue weighted by molar-refractivity contribution is -0.0538. The smallest absolute Gasteiger partial charge is 0.382 e. The lowest BCUT2D eigenvalue weighted by Gasteiger charge is -2.24. The van der Waals surface area contributed by atoms with Crippen molar-refractivity contribution in [3.05, 3.63) is 25.3 Å². The number of ether oxygens (including phenoxy) is 2. The van der Waals surface area contributed by atoms with Crippen LogP contribution in [-0.2, 0) is 32.2 Å². The van der Waals surface area contributed by atoms with Gasteiger partial charge in [-0.15, -0.1) is 0 Å². The molecule has 4 aromatic rings. The topological polar surface area (TPSA) is 260 Å². The number of fused-ring (bicyclic) bond motifs is 2. The standard InChI is InChI=1S/C20H25BF2N10O9P2/c21-43(34,35)38-3-10-11(23)14(20(41-10)33-7-31-13-16(25)27-5-29-18(13)33)42-44(36,37)39-2-8-1-9(22)19(40-8)32-6-30-12-15(24)26-4-28-17(12)32/h4-11,14,19-20H,1-3,21H2,(H,34,35)(H,36,37)(H2,24,26,28)(H2,25,27,29)/t8-,9+,10+,11+,14+,19+,20+/m0/s1. The van der Waals surface area contributed by atoms with Crippen LogP contribution in [0.2, 0.25) is 0 Å². The van der Waals surface area contributed by atoms with E-state index < -0.39 is 71.6 Å². The molecule has 2 unspecified atom stereocenters. The normalized spacial score (nSPS) is 30.1. The van der Waals surface area contributed by atoms with Gasteiger partial charge in [0.05, 0.1) is 32.0 Å². The zero-order valence-corrected chi connectivity index (χ0v) is 24.4. The summed E-state index contributed by atoms with van der Waals surface area (Å²) in [6, 6.07) is 0. The summed E-state index contributed by atoms with van der Waals surface area (Å²) >= 11 is 0. The first-order chi connectivity index (χ1) is 20.8. The number of halogens is 2. The van der Waals surface area contributed by atoms with Gasteiger partial charge >= 0.3 is 7.82 Å². The van der Waals surface area contributed by atoms with Crippen molar-refractivity contribution in [3.8, 4) is 0 Å². The Morgan fingerprint density at radius 1 is 0.909 bits per heavy atom. The van der Waals surface area contributed by atoms with Crippen LogP contribution in [0.1, 0.15) is 18.9 Å². The number of phosphoric ester groups is 1. The average Bonchev–Trinajstić information content (AvgIpc) is 3.72. The molecule has 6 N–H and O–H groups in total. The number of aromatic nitrogens is 8. The highest BCUT2D eigenvalue weighted by Crippen LogP contribution is 2.51. The van der Waals surface area contributed by atoms with Crippen LogP contribution in [0.4, 0.5) is 20.4 Å². The van der Waals surface area contributed by atoms with Crippen molar-refractivity contribution in [1.29, 1.82) is 0 Å². The predicted molar refractivity (Wildman–Crippen MR) is 147 cm³/mol. The molecule has 2 fully saturated rings. The Labute approximate surface area is 246 Å². The van der Waals surface area contributed by atoms with Crippen LogP contribution in [0, 0.1) is 0 Å². The van der Waals surface area contributed by atoms with Crippen LogP contribution in [0.15, 0.2) is 25.3 Å². The molecular weight excluding hydrogens is 635 g/mol. The number of hydrogen-bond donors (Lipinski definition) is 4. The van der Waals surface area contributed by atoms with Crippen LogP contribution >= 0.6 is 15.3 Å². The number of alkyl halides is 2. The van der Waals surface area contributed by atoms with Gasteiger partial charge in [0.25, 0.3) is 15.0 Å². The summed E-state index contributed by atoms with van der Waals surface area (Å²) in [6.45, 7) is -1.31. The molecule has 6 heterocycles. The fraction of sp³-hybridized carbons (Fsp3) is 0.500. The first-order valence-electron chi connectivity index (χ1n) is 12.9. The summed E-state index contributed by atoms with van der Waals surface area (Å²) in [4.78, 5) is 44.0. The van der Waals surface area contributed by atoms with Gasteiger partial charge in [0.15, 0.2) is 41.6 Å². The number of rotatable bonds is 10. The summed E-state index contributed by atoms with van der Waals surface area (Å²) in [5.74, 6) is 0.0964. The van der Waals surface area contributed by atoms with Gasteiger partial charge in [-0.25, -0.2) is 43.2 Å². The largest absolute Gasteiger partial charge is 0.472 e. The van der Waals surface area contributed by atoms with Crippen molar-refractivity contribution in [3.63, 3.8) is 0 Å². The minimum atomic E-state index is -5.08. The average molecular weight is 660 g/mol. The minimum Gasteiger partial charge on any atom is -0.382 e. The molecule has 0 radical (unpaired) electrons. The number of nitrogens with zero attached hydrogens (tertiary/aromatic N) is 8. The molecule has 44 heavy (non-hydrogen) atoms. The fourth-order valence-corrected chi connectivity index (χ4v) is 6.27. The van der Waals surface area contributed by atoms with Gasteiger partial charge in [-0.05, 0) is 0 Å². The molecule has 236 valence electrons. The van der Waals surface area contributed by atoms with E-state index in [0.717, 1.165) is 13.9 Å². The summed E-state index contributed by atoms with van der Waals surface area (Å²) < 4.78 is 84.3. The number of phosphoric acid groups is 1. The van der Waals surface area contributed by atoms with Crippen LogP contribution in [0.5, 0.6) is 0 Å². The minimum absolute atomic E-state index is 0.00454. The lowest BCUT2D eigenvalue weighted by Crippen LogP contribution is -2.32. The van der Waals surface area contributed by atoms with E-state index in [9.17, 15) is 23.3 Å².